The Labute approximate surface area is 109 Å². The van der Waals surface area contributed by atoms with E-state index in [4.69, 9.17) is 16.3 Å². The van der Waals surface area contributed by atoms with Gasteiger partial charge in [0.2, 0.25) is 0 Å². The summed E-state index contributed by atoms with van der Waals surface area (Å²) < 4.78 is 4.86. The zero-order chi connectivity index (χ0) is 13.7. The Bertz CT molecular complexity index is 464. The van der Waals surface area contributed by atoms with E-state index in [-0.39, 0.29) is 22.9 Å². The van der Waals surface area contributed by atoms with Crippen molar-refractivity contribution < 1.29 is 14.5 Å². The third-order valence-electron chi connectivity index (χ3n) is 2.39. The molecule has 0 aliphatic heterocycles. The number of nitro groups is 1. The molecule has 0 bridgehead atoms. The van der Waals surface area contributed by atoms with Gasteiger partial charge in [0, 0.05) is 31.1 Å². The molecule has 0 radical (unpaired) electrons. The number of amides is 1. The Morgan fingerprint density at radius 3 is 2.72 bits per heavy atom. The van der Waals surface area contributed by atoms with E-state index in [2.05, 4.69) is 0 Å². The second-order valence-corrected chi connectivity index (χ2v) is 3.94. The van der Waals surface area contributed by atoms with Crippen molar-refractivity contribution in [1.29, 1.82) is 0 Å². The highest BCUT2D eigenvalue weighted by atomic mass is 35.5. The van der Waals surface area contributed by atoms with Crippen LogP contribution in [0.5, 0.6) is 5.75 Å². The van der Waals surface area contributed by atoms with E-state index in [1.54, 1.807) is 7.05 Å². The normalized spacial score (nSPS) is 9.94. The van der Waals surface area contributed by atoms with E-state index >= 15 is 0 Å². The molecular weight excluding hydrogens is 260 g/mol. The predicted molar refractivity (Wildman–Crippen MR) is 67.3 cm³/mol. The lowest BCUT2D eigenvalue weighted by molar-refractivity contribution is -0.385. The first kappa shape index (κ1) is 14.2. The Kier molecular flexibility index (Phi) is 4.91. The number of nitro benzene ring substituents is 1. The van der Waals surface area contributed by atoms with Crippen LogP contribution >= 0.6 is 11.6 Å². The fraction of sp³-hybridized carbons (Fsp3) is 0.364. The van der Waals surface area contributed by atoms with Crippen molar-refractivity contribution >= 4 is 23.2 Å². The van der Waals surface area contributed by atoms with Gasteiger partial charge < -0.3 is 9.64 Å². The smallest absolute Gasteiger partial charge is 0.311 e. The highest BCUT2D eigenvalue weighted by Crippen LogP contribution is 2.27. The average Bonchev–Trinajstić information content (AvgIpc) is 2.37. The van der Waals surface area contributed by atoms with Gasteiger partial charge in [-0.3, -0.25) is 14.9 Å². The molecule has 0 N–H and O–H groups in total. The number of alkyl halides is 1. The molecule has 0 aromatic heterocycles. The van der Waals surface area contributed by atoms with Crippen LogP contribution in [0.1, 0.15) is 10.4 Å². The molecule has 0 fully saturated rings. The monoisotopic (exact) mass is 272 g/mol. The third kappa shape index (κ3) is 3.10. The summed E-state index contributed by atoms with van der Waals surface area (Å²) in [5.41, 5.74) is -0.00209. The third-order valence-corrected chi connectivity index (χ3v) is 2.56. The van der Waals surface area contributed by atoms with Gasteiger partial charge >= 0.3 is 5.69 Å². The van der Waals surface area contributed by atoms with Crippen LogP contribution < -0.4 is 4.74 Å². The van der Waals surface area contributed by atoms with Gasteiger partial charge in [-0.15, -0.1) is 11.6 Å². The fourth-order valence-electron chi connectivity index (χ4n) is 1.41. The van der Waals surface area contributed by atoms with Gasteiger partial charge in [-0.05, 0) is 12.1 Å². The van der Waals surface area contributed by atoms with Crippen LogP contribution in [-0.4, -0.2) is 42.3 Å². The molecule has 0 aliphatic carbocycles. The van der Waals surface area contributed by atoms with E-state index < -0.39 is 4.92 Å². The van der Waals surface area contributed by atoms with E-state index in [1.807, 2.05) is 0 Å². The van der Waals surface area contributed by atoms with Crippen molar-refractivity contribution in [3.63, 3.8) is 0 Å². The maximum Gasteiger partial charge on any atom is 0.311 e. The molecule has 0 atom stereocenters. The van der Waals surface area contributed by atoms with Crippen molar-refractivity contribution in [2.45, 2.75) is 0 Å². The first-order valence-electron chi connectivity index (χ1n) is 5.15. The van der Waals surface area contributed by atoms with Crippen LogP contribution in [0.2, 0.25) is 0 Å². The quantitative estimate of drug-likeness (QED) is 0.466. The molecule has 0 aliphatic rings. The molecule has 1 aromatic rings. The molecule has 0 saturated carbocycles. The number of carbonyl (C=O) groups excluding carboxylic acids is 1. The molecule has 7 heteroatoms. The molecule has 0 spiro atoms. The van der Waals surface area contributed by atoms with Gasteiger partial charge in [0.05, 0.1) is 12.0 Å². The minimum atomic E-state index is -0.586. The summed E-state index contributed by atoms with van der Waals surface area (Å²) in [6.07, 6.45) is 0. The first-order chi connectivity index (χ1) is 8.51. The number of nitrogens with zero attached hydrogens (tertiary/aromatic N) is 2. The molecular formula is C11H13ClN2O4. The van der Waals surface area contributed by atoms with E-state index in [0.717, 1.165) is 0 Å². The van der Waals surface area contributed by atoms with Crippen molar-refractivity contribution in [3.8, 4) is 5.75 Å². The van der Waals surface area contributed by atoms with Crippen molar-refractivity contribution in [3.05, 3.63) is 33.9 Å². The largest absolute Gasteiger partial charge is 0.490 e. The number of hydrogen-bond acceptors (Lipinski definition) is 4. The number of halogens is 1. The summed E-state index contributed by atoms with van der Waals surface area (Å²) in [6, 6.07) is 4.09. The number of carbonyl (C=O) groups is 1. The Balaban J connectivity index is 3.08. The minimum absolute atomic E-state index is 0.122. The second-order valence-electron chi connectivity index (χ2n) is 3.56. The van der Waals surface area contributed by atoms with Crippen LogP contribution in [-0.2, 0) is 0 Å². The molecule has 1 amide bonds. The molecule has 6 nitrogen and oxygen atoms in total. The summed E-state index contributed by atoms with van der Waals surface area (Å²) in [5.74, 6) is 0.110. The lowest BCUT2D eigenvalue weighted by Crippen LogP contribution is -2.28. The van der Waals surface area contributed by atoms with Crippen molar-refractivity contribution in [2.24, 2.45) is 0 Å². The van der Waals surface area contributed by atoms with Gasteiger partial charge in [-0.25, -0.2) is 0 Å². The lowest BCUT2D eigenvalue weighted by atomic mass is 10.1. The first-order valence-corrected chi connectivity index (χ1v) is 5.68. The standard InChI is InChI=1S/C11H13ClN2O4/c1-13(6-5-12)11(15)8-3-4-10(18-2)9(7-8)14(16)17/h3-4,7H,5-6H2,1-2H3. The topological polar surface area (TPSA) is 72.7 Å². The van der Waals surface area contributed by atoms with Gasteiger partial charge in [-0.2, -0.15) is 0 Å². The zero-order valence-electron chi connectivity index (χ0n) is 10.1. The van der Waals surface area contributed by atoms with E-state index in [0.29, 0.717) is 12.4 Å². The second kappa shape index (κ2) is 6.20. The highest BCUT2D eigenvalue weighted by molar-refractivity contribution is 6.18. The lowest BCUT2D eigenvalue weighted by Gasteiger charge is -2.15. The van der Waals surface area contributed by atoms with E-state index in [1.165, 1.54) is 30.2 Å². The molecule has 18 heavy (non-hydrogen) atoms. The number of benzene rings is 1. The van der Waals surface area contributed by atoms with E-state index in [9.17, 15) is 14.9 Å². The minimum Gasteiger partial charge on any atom is -0.490 e. The van der Waals surface area contributed by atoms with Crippen LogP contribution in [0.15, 0.2) is 18.2 Å². The molecule has 1 rings (SSSR count). The highest BCUT2D eigenvalue weighted by Gasteiger charge is 2.19. The number of rotatable bonds is 5. The summed E-state index contributed by atoms with van der Waals surface area (Å²) in [7, 11) is 2.92. The summed E-state index contributed by atoms with van der Waals surface area (Å²) >= 11 is 5.54. The summed E-state index contributed by atoms with van der Waals surface area (Å²) in [4.78, 5) is 23.6. The van der Waals surface area contributed by atoms with Crippen LogP contribution in [0.25, 0.3) is 0 Å². The van der Waals surface area contributed by atoms with Crippen molar-refractivity contribution in [2.75, 3.05) is 26.6 Å². The summed E-state index contributed by atoms with van der Waals surface area (Å²) in [6.45, 7) is 0.375. The Morgan fingerprint density at radius 2 is 2.22 bits per heavy atom. The number of ether oxygens (including phenoxy) is 1. The molecule has 98 valence electrons. The van der Waals surface area contributed by atoms with Crippen LogP contribution in [0, 0.1) is 10.1 Å². The Morgan fingerprint density at radius 1 is 1.56 bits per heavy atom. The number of methoxy groups -OCH3 is 1. The van der Waals surface area contributed by atoms with Gasteiger partial charge in [0.15, 0.2) is 5.75 Å². The molecule has 0 saturated heterocycles. The molecule has 1 aromatic carbocycles. The van der Waals surface area contributed by atoms with Crippen LogP contribution in [0.3, 0.4) is 0 Å². The van der Waals surface area contributed by atoms with Crippen LogP contribution in [0.4, 0.5) is 5.69 Å². The maximum atomic E-state index is 11.9. The fourth-order valence-corrected chi connectivity index (χ4v) is 1.67. The van der Waals surface area contributed by atoms with Crippen molar-refractivity contribution in [1.82, 2.24) is 4.90 Å². The predicted octanol–water partition coefficient (Wildman–Crippen LogP) is 1.91. The van der Waals surface area contributed by atoms with Gasteiger partial charge in [0.1, 0.15) is 0 Å². The summed E-state index contributed by atoms with van der Waals surface area (Å²) in [5, 5.41) is 10.8. The number of hydrogen-bond donors (Lipinski definition) is 0. The van der Waals surface area contributed by atoms with Gasteiger partial charge in [-0.1, -0.05) is 0 Å². The maximum absolute atomic E-state index is 11.9. The zero-order valence-corrected chi connectivity index (χ0v) is 10.8. The molecule has 0 unspecified atom stereocenters. The SMILES string of the molecule is COc1ccc(C(=O)N(C)CCCl)cc1[N+](=O)[O-]. The Hall–Kier alpha value is -1.82. The average molecular weight is 273 g/mol. The molecule has 0 heterocycles. The van der Waals surface area contributed by atoms with Gasteiger partial charge in [0.25, 0.3) is 5.91 Å².